The number of anilines is 1. The summed E-state index contributed by atoms with van der Waals surface area (Å²) in [6, 6.07) is 15.6. The third-order valence-electron chi connectivity index (χ3n) is 3.92. The van der Waals surface area contributed by atoms with Crippen molar-refractivity contribution < 1.29 is 14.3 Å². The maximum Gasteiger partial charge on any atom is 0.256 e. The van der Waals surface area contributed by atoms with Crippen LogP contribution in [0.25, 0.3) is 0 Å². The molecule has 6 heteroatoms. The number of para-hydroxylation sites is 1. The Morgan fingerprint density at radius 1 is 1.08 bits per heavy atom. The molecule has 2 rings (SSSR count). The Balaban J connectivity index is 2.30. The zero-order valence-corrected chi connectivity index (χ0v) is 16.7. The van der Waals surface area contributed by atoms with Crippen molar-refractivity contribution in [3.05, 3.63) is 64.6 Å². The lowest BCUT2D eigenvalue weighted by Gasteiger charge is -2.33. The van der Waals surface area contributed by atoms with E-state index in [1.165, 1.54) is 12.0 Å². The summed E-state index contributed by atoms with van der Waals surface area (Å²) >= 11 is 3.42. The van der Waals surface area contributed by atoms with Gasteiger partial charge in [0.1, 0.15) is 12.8 Å². The van der Waals surface area contributed by atoms with Crippen molar-refractivity contribution >= 4 is 33.4 Å². The molecule has 0 aromatic heterocycles. The van der Waals surface area contributed by atoms with E-state index in [1.54, 1.807) is 30.3 Å². The summed E-state index contributed by atoms with van der Waals surface area (Å²) in [5, 5.41) is 2.90. The van der Waals surface area contributed by atoms with E-state index in [2.05, 4.69) is 21.2 Å². The maximum atomic E-state index is 13.0. The quantitative estimate of drug-likeness (QED) is 0.686. The second-order valence-corrected chi connectivity index (χ2v) is 7.07. The number of nitrogens with zero attached hydrogens (tertiary/aromatic N) is 1. The van der Waals surface area contributed by atoms with Crippen LogP contribution in [-0.4, -0.2) is 36.6 Å². The SMILES string of the molecule is COCN(C(=O)c1ccccc1)C(C(=O)Nc1ccccc1Br)C(C)C. The van der Waals surface area contributed by atoms with Gasteiger partial charge in [-0.1, -0.05) is 44.2 Å². The van der Waals surface area contributed by atoms with Gasteiger partial charge in [0, 0.05) is 17.1 Å². The van der Waals surface area contributed by atoms with E-state index in [0.29, 0.717) is 11.3 Å². The van der Waals surface area contributed by atoms with Crippen LogP contribution in [0.4, 0.5) is 5.69 Å². The number of carbonyl (C=O) groups is 2. The molecule has 1 unspecified atom stereocenters. The van der Waals surface area contributed by atoms with Crippen LogP contribution >= 0.6 is 15.9 Å². The highest BCUT2D eigenvalue weighted by molar-refractivity contribution is 9.10. The fourth-order valence-corrected chi connectivity index (χ4v) is 3.11. The highest BCUT2D eigenvalue weighted by Gasteiger charge is 2.33. The van der Waals surface area contributed by atoms with E-state index >= 15 is 0 Å². The Morgan fingerprint density at radius 2 is 1.69 bits per heavy atom. The summed E-state index contributed by atoms with van der Waals surface area (Å²) in [6.07, 6.45) is 0. The van der Waals surface area contributed by atoms with Crippen molar-refractivity contribution in [2.75, 3.05) is 19.2 Å². The summed E-state index contributed by atoms with van der Waals surface area (Å²) in [4.78, 5) is 27.4. The highest BCUT2D eigenvalue weighted by atomic mass is 79.9. The van der Waals surface area contributed by atoms with Gasteiger partial charge in [-0.15, -0.1) is 0 Å². The van der Waals surface area contributed by atoms with Crippen molar-refractivity contribution in [3.8, 4) is 0 Å². The average Bonchev–Trinajstić information content (AvgIpc) is 2.63. The molecule has 0 heterocycles. The predicted molar refractivity (Wildman–Crippen MR) is 106 cm³/mol. The first-order valence-corrected chi connectivity index (χ1v) is 9.15. The monoisotopic (exact) mass is 418 g/mol. The summed E-state index contributed by atoms with van der Waals surface area (Å²) in [5.41, 5.74) is 1.18. The predicted octanol–water partition coefficient (Wildman–Crippen LogP) is 4.16. The molecule has 0 aliphatic carbocycles. The number of nitrogens with one attached hydrogen (secondary N) is 1. The number of ether oxygens (including phenoxy) is 1. The van der Waals surface area contributed by atoms with Crippen molar-refractivity contribution in [1.29, 1.82) is 0 Å². The molecule has 0 spiro atoms. The first kappa shape index (κ1) is 20.1. The Kier molecular flexibility index (Phi) is 7.36. The molecule has 0 radical (unpaired) electrons. The van der Waals surface area contributed by atoms with Gasteiger partial charge in [0.15, 0.2) is 0 Å². The minimum absolute atomic E-state index is 0.0277. The standard InChI is InChI=1S/C20H23BrN2O3/c1-14(2)18(19(24)22-17-12-8-7-11-16(17)21)23(13-26-3)20(25)15-9-5-4-6-10-15/h4-12,14,18H,13H2,1-3H3,(H,22,24). The van der Waals surface area contributed by atoms with E-state index in [1.807, 2.05) is 38.1 Å². The van der Waals surface area contributed by atoms with Crippen LogP contribution in [0.2, 0.25) is 0 Å². The summed E-state index contributed by atoms with van der Waals surface area (Å²) in [6.45, 7) is 3.84. The number of methoxy groups -OCH3 is 1. The van der Waals surface area contributed by atoms with Crippen molar-refractivity contribution in [2.24, 2.45) is 5.92 Å². The van der Waals surface area contributed by atoms with Gasteiger partial charge in [-0.2, -0.15) is 0 Å². The Bertz CT molecular complexity index is 750. The van der Waals surface area contributed by atoms with Gasteiger partial charge in [0.2, 0.25) is 5.91 Å². The number of hydrogen-bond donors (Lipinski definition) is 1. The maximum absolute atomic E-state index is 13.0. The van der Waals surface area contributed by atoms with Gasteiger partial charge >= 0.3 is 0 Å². The molecule has 0 fully saturated rings. The molecule has 1 atom stereocenters. The second kappa shape index (κ2) is 9.50. The van der Waals surface area contributed by atoms with Crippen LogP contribution in [-0.2, 0) is 9.53 Å². The Labute approximate surface area is 162 Å². The fraction of sp³-hybridized carbons (Fsp3) is 0.300. The molecule has 5 nitrogen and oxygen atoms in total. The lowest BCUT2D eigenvalue weighted by atomic mass is 10.0. The molecule has 2 aromatic carbocycles. The summed E-state index contributed by atoms with van der Waals surface area (Å²) in [5.74, 6) is -0.595. The first-order chi connectivity index (χ1) is 12.5. The van der Waals surface area contributed by atoms with Gasteiger partial charge in [0.25, 0.3) is 5.91 Å². The molecule has 2 amide bonds. The Hall–Kier alpha value is -2.18. The van der Waals surface area contributed by atoms with E-state index in [0.717, 1.165) is 4.47 Å². The van der Waals surface area contributed by atoms with Crippen LogP contribution in [0, 0.1) is 5.92 Å². The van der Waals surface area contributed by atoms with E-state index < -0.39 is 6.04 Å². The zero-order chi connectivity index (χ0) is 19.1. The topological polar surface area (TPSA) is 58.6 Å². The number of carbonyl (C=O) groups excluding carboxylic acids is 2. The molecule has 138 valence electrons. The summed E-state index contributed by atoms with van der Waals surface area (Å²) in [7, 11) is 1.51. The van der Waals surface area contributed by atoms with Crippen LogP contribution in [0.5, 0.6) is 0 Å². The van der Waals surface area contributed by atoms with Gasteiger partial charge in [-0.05, 0) is 46.1 Å². The van der Waals surface area contributed by atoms with Crippen LogP contribution < -0.4 is 5.32 Å². The molecule has 0 saturated heterocycles. The van der Waals surface area contributed by atoms with E-state index in [4.69, 9.17) is 4.74 Å². The van der Waals surface area contributed by atoms with E-state index in [-0.39, 0.29) is 24.5 Å². The van der Waals surface area contributed by atoms with Crippen LogP contribution in [0.15, 0.2) is 59.1 Å². The van der Waals surface area contributed by atoms with Gasteiger partial charge in [0.05, 0.1) is 5.69 Å². The smallest absolute Gasteiger partial charge is 0.256 e. The minimum Gasteiger partial charge on any atom is -0.364 e. The second-order valence-electron chi connectivity index (χ2n) is 6.22. The Morgan fingerprint density at radius 3 is 2.27 bits per heavy atom. The van der Waals surface area contributed by atoms with Gasteiger partial charge < -0.3 is 15.0 Å². The molecule has 0 aliphatic rings. The molecule has 0 bridgehead atoms. The van der Waals surface area contributed by atoms with Gasteiger partial charge in [-0.25, -0.2) is 0 Å². The summed E-state index contributed by atoms with van der Waals surface area (Å²) < 4.78 is 6.00. The molecule has 0 aliphatic heterocycles. The first-order valence-electron chi connectivity index (χ1n) is 8.36. The van der Waals surface area contributed by atoms with Crippen molar-refractivity contribution in [3.63, 3.8) is 0 Å². The number of amides is 2. The third-order valence-corrected chi connectivity index (χ3v) is 4.61. The van der Waals surface area contributed by atoms with Crippen LogP contribution in [0.3, 0.4) is 0 Å². The molecular formula is C20H23BrN2O3. The number of rotatable bonds is 7. The normalized spacial score (nSPS) is 11.9. The number of hydrogen-bond acceptors (Lipinski definition) is 3. The van der Waals surface area contributed by atoms with Crippen molar-refractivity contribution in [1.82, 2.24) is 4.90 Å². The lowest BCUT2D eigenvalue weighted by Crippen LogP contribution is -2.51. The molecule has 2 aromatic rings. The third kappa shape index (κ3) is 4.93. The van der Waals surface area contributed by atoms with E-state index in [9.17, 15) is 9.59 Å². The highest BCUT2D eigenvalue weighted by Crippen LogP contribution is 2.23. The molecule has 26 heavy (non-hydrogen) atoms. The van der Waals surface area contributed by atoms with Crippen molar-refractivity contribution in [2.45, 2.75) is 19.9 Å². The number of halogens is 1. The lowest BCUT2D eigenvalue weighted by molar-refractivity contribution is -0.123. The fourth-order valence-electron chi connectivity index (χ4n) is 2.72. The average molecular weight is 419 g/mol. The minimum atomic E-state index is -0.672. The zero-order valence-electron chi connectivity index (χ0n) is 15.1. The van der Waals surface area contributed by atoms with Gasteiger partial charge in [-0.3, -0.25) is 9.59 Å². The molecule has 0 saturated carbocycles. The number of benzene rings is 2. The molecular weight excluding hydrogens is 396 g/mol. The molecule has 1 N–H and O–H groups in total. The van der Waals surface area contributed by atoms with Crippen LogP contribution in [0.1, 0.15) is 24.2 Å². The largest absolute Gasteiger partial charge is 0.364 e.